The summed E-state index contributed by atoms with van der Waals surface area (Å²) in [4.78, 5) is 30.8. The molecule has 2 N–H and O–H groups in total. The van der Waals surface area contributed by atoms with Gasteiger partial charge in [-0.15, -0.1) is 0 Å². The molecule has 9 heteroatoms. The Hall–Kier alpha value is -2.78. The number of carbonyl (C=O) groups excluding carboxylic acids is 2. The van der Waals surface area contributed by atoms with Crippen molar-refractivity contribution in [2.75, 3.05) is 16.8 Å². The monoisotopic (exact) mass is 442 g/mol. The number of nitrogens with zero attached hydrogens (tertiary/aromatic N) is 2. The number of anilines is 2. The number of pyridine rings is 1. The minimum atomic E-state index is -3.77. The number of hydrogen-bond acceptors (Lipinski definition) is 5. The third-order valence-corrected chi connectivity index (χ3v) is 7.00. The van der Waals surface area contributed by atoms with Crippen LogP contribution in [0.1, 0.15) is 37.4 Å². The van der Waals surface area contributed by atoms with Gasteiger partial charge in [-0.3, -0.25) is 9.59 Å². The van der Waals surface area contributed by atoms with Gasteiger partial charge in [0, 0.05) is 36.3 Å². The summed E-state index contributed by atoms with van der Waals surface area (Å²) in [5.41, 5.74) is 2.43. The Bertz CT molecular complexity index is 1130. The second-order valence-corrected chi connectivity index (χ2v) is 9.95. The topological polar surface area (TPSA) is 108 Å². The van der Waals surface area contributed by atoms with E-state index in [0.717, 1.165) is 29.8 Å². The Morgan fingerprint density at radius 3 is 2.68 bits per heavy atom. The van der Waals surface area contributed by atoms with Gasteiger partial charge in [0.25, 0.3) is 0 Å². The molecule has 8 nitrogen and oxygen atoms in total. The predicted octanol–water partition coefficient (Wildman–Crippen LogP) is 2.38. The van der Waals surface area contributed by atoms with Gasteiger partial charge in [-0.2, -0.15) is 0 Å². The second kappa shape index (κ2) is 8.39. The molecular weight excluding hydrogens is 416 g/mol. The highest BCUT2D eigenvalue weighted by atomic mass is 32.2. The summed E-state index contributed by atoms with van der Waals surface area (Å²) in [5, 5.41) is 2.65. The van der Waals surface area contributed by atoms with Gasteiger partial charge in [-0.1, -0.05) is 6.07 Å². The van der Waals surface area contributed by atoms with E-state index in [4.69, 9.17) is 0 Å². The predicted molar refractivity (Wildman–Crippen MR) is 117 cm³/mol. The number of fused-ring (bicyclic) bond motifs is 1. The molecule has 1 aromatic carbocycles. The molecule has 2 aromatic rings. The van der Waals surface area contributed by atoms with Gasteiger partial charge in [0.15, 0.2) is 0 Å². The van der Waals surface area contributed by atoms with Crippen LogP contribution in [0.3, 0.4) is 0 Å². The van der Waals surface area contributed by atoms with E-state index in [2.05, 4.69) is 15.0 Å². The third-order valence-electron chi connectivity index (χ3n) is 5.54. The van der Waals surface area contributed by atoms with Crippen molar-refractivity contribution in [3.63, 3.8) is 0 Å². The Labute approximate surface area is 182 Å². The maximum absolute atomic E-state index is 12.7. The highest BCUT2D eigenvalue weighted by molar-refractivity contribution is 7.89. The molecule has 2 amide bonds. The number of carbonyl (C=O) groups is 2. The molecule has 0 bridgehead atoms. The molecule has 1 unspecified atom stereocenters. The number of benzene rings is 1. The molecule has 1 fully saturated rings. The van der Waals surface area contributed by atoms with Crippen molar-refractivity contribution in [3.8, 4) is 0 Å². The van der Waals surface area contributed by atoms with Crippen LogP contribution in [0.4, 0.5) is 11.5 Å². The highest BCUT2D eigenvalue weighted by Gasteiger charge is 2.39. The normalized spacial score (nSPS) is 18.0. The van der Waals surface area contributed by atoms with Crippen molar-refractivity contribution < 1.29 is 18.0 Å². The molecule has 1 aliphatic heterocycles. The number of hydrogen-bond donors (Lipinski definition) is 2. The number of aromatic nitrogens is 1. The SMILES string of the molecule is Cc1cccc(NC(=O)CCNS(=O)(=O)c2ccc3c(c2)CC(C)N3C(=O)C2CC2)n1. The summed E-state index contributed by atoms with van der Waals surface area (Å²) in [6.07, 6.45) is 2.48. The van der Waals surface area contributed by atoms with Crippen molar-refractivity contribution in [1.82, 2.24) is 9.71 Å². The fourth-order valence-corrected chi connectivity index (χ4v) is 4.92. The highest BCUT2D eigenvalue weighted by Crippen LogP contribution is 2.39. The van der Waals surface area contributed by atoms with Gasteiger partial charge in [0.05, 0.1) is 4.90 Å². The average Bonchev–Trinajstić information content (AvgIpc) is 3.49. The van der Waals surface area contributed by atoms with Crippen LogP contribution in [0.25, 0.3) is 0 Å². The Kier molecular flexibility index (Phi) is 5.81. The number of amides is 2. The van der Waals surface area contributed by atoms with Crippen LogP contribution >= 0.6 is 0 Å². The quantitative estimate of drug-likeness (QED) is 0.684. The summed E-state index contributed by atoms with van der Waals surface area (Å²) in [6, 6.07) is 10.2. The third kappa shape index (κ3) is 4.77. The molecule has 0 radical (unpaired) electrons. The zero-order valence-corrected chi connectivity index (χ0v) is 18.4. The van der Waals surface area contributed by atoms with E-state index >= 15 is 0 Å². The van der Waals surface area contributed by atoms with Crippen molar-refractivity contribution in [3.05, 3.63) is 47.7 Å². The van der Waals surface area contributed by atoms with Crippen LogP contribution in [-0.4, -0.2) is 37.8 Å². The van der Waals surface area contributed by atoms with E-state index < -0.39 is 10.0 Å². The Morgan fingerprint density at radius 1 is 1.19 bits per heavy atom. The molecule has 1 aromatic heterocycles. The van der Waals surface area contributed by atoms with E-state index in [1.54, 1.807) is 29.2 Å². The molecule has 1 atom stereocenters. The molecule has 0 saturated heterocycles. The maximum atomic E-state index is 12.7. The lowest BCUT2D eigenvalue weighted by atomic mass is 10.1. The standard InChI is InChI=1S/C22H26N4O4S/c1-14-4-3-5-20(24-14)25-21(27)10-11-23-31(29,30)18-8-9-19-17(13-18)12-15(2)26(19)22(28)16-6-7-16/h3-5,8-9,13,15-16,23H,6-7,10-12H2,1-2H3,(H,24,25,27). The first-order valence-corrected chi connectivity index (χ1v) is 11.9. The Balaban J connectivity index is 1.37. The summed E-state index contributed by atoms with van der Waals surface area (Å²) in [7, 11) is -3.77. The van der Waals surface area contributed by atoms with Crippen molar-refractivity contribution in [2.24, 2.45) is 5.92 Å². The van der Waals surface area contributed by atoms with Gasteiger partial charge >= 0.3 is 0 Å². The lowest BCUT2D eigenvalue weighted by Gasteiger charge is -2.22. The van der Waals surface area contributed by atoms with Crippen LogP contribution in [0.2, 0.25) is 0 Å². The first-order chi connectivity index (χ1) is 14.7. The van der Waals surface area contributed by atoms with E-state index in [1.807, 2.05) is 19.9 Å². The van der Waals surface area contributed by atoms with Gasteiger partial charge in [-0.25, -0.2) is 18.1 Å². The zero-order valence-electron chi connectivity index (χ0n) is 17.6. The van der Waals surface area contributed by atoms with Gasteiger partial charge < -0.3 is 10.2 Å². The number of aryl methyl sites for hydroxylation is 1. The first-order valence-electron chi connectivity index (χ1n) is 10.4. The smallest absolute Gasteiger partial charge is 0.240 e. The van der Waals surface area contributed by atoms with Crippen molar-refractivity contribution in [2.45, 2.75) is 50.5 Å². The van der Waals surface area contributed by atoms with Gasteiger partial charge in [0.2, 0.25) is 21.8 Å². The zero-order chi connectivity index (χ0) is 22.2. The van der Waals surface area contributed by atoms with Gasteiger partial charge in [-0.05, 0) is 69.0 Å². The Morgan fingerprint density at radius 2 is 1.97 bits per heavy atom. The first kappa shape index (κ1) is 21.5. The number of sulfonamides is 1. The molecule has 1 saturated carbocycles. The second-order valence-electron chi connectivity index (χ2n) is 8.19. The molecule has 31 heavy (non-hydrogen) atoms. The lowest BCUT2D eigenvalue weighted by Crippen LogP contribution is -2.36. The molecule has 1 aliphatic carbocycles. The fraction of sp³-hybridized carbons (Fsp3) is 0.409. The average molecular weight is 443 g/mol. The molecule has 2 heterocycles. The molecule has 2 aliphatic rings. The molecule has 0 spiro atoms. The minimum absolute atomic E-state index is 0.0134. The summed E-state index contributed by atoms with van der Waals surface area (Å²) < 4.78 is 27.9. The minimum Gasteiger partial charge on any atom is -0.311 e. The number of rotatable bonds is 7. The van der Waals surface area contributed by atoms with Crippen LogP contribution in [0, 0.1) is 12.8 Å². The lowest BCUT2D eigenvalue weighted by molar-refractivity contribution is -0.120. The van der Waals surface area contributed by atoms with E-state index in [0.29, 0.717) is 12.2 Å². The van der Waals surface area contributed by atoms with E-state index in [1.165, 1.54) is 6.07 Å². The van der Waals surface area contributed by atoms with Crippen molar-refractivity contribution >= 4 is 33.3 Å². The summed E-state index contributed by atoms with van der Waals surface area (Å²) in [5.74, 6) is 0.359. The fourth-order valence-electron chi connectivity index (χ4n) is 3.84. The largest absolute Gasteiger partial charge is 0.311 e. The molecule has 164 valence electrons. The van der Waals surface area contributed by atoms with Crippen LogP contribution in [0.5, 0.6) is 0 Å². The van der Waals surface area contributed by atoms with Crippen LogP contribution in [-0.2, 0) is 26.0 Å². The van der Waals surface area contributed by atoms with Gasteiger partial charge in [0.1, 0.15) is 5.82 Å². The summed E-state index contributed by atoms with van der Waals surface area (Å²) >= 11 is 0. The van der Waals surface area contributed by atoms with Crippen molar-refractivity contribution in [1.29, 1.82) is 0 Å². The maximum Gasteiger partial charge on any atom is 0.240 e. The van der Waals surface area contributed by atoms with E-state index in [-0.39, 0.29) is 41.6 Å². The molecular formula is C22H26N4O4S. The van der Waals surface area contributed by atoms with E-state index in [9.17, 15) is 18.0 Å². The van der Waals surface area contributed by atoms with Crippen LogP contribution in [0.15, 0.2) is 41.3 Å². The molecule has 4 rings (SSSR count). The van der Waals surface area contributed by atoms with Crippen LogP contribution < -0.4 is 14.9 Å². The summed E-state index contributed by atoms with van der Waals surface area (Å²) in [6.45, 7) is 3.77. The number of nitrogens with one attached hydrogen (secondary N) is 2.